The molecule has 1 atom stereocenters. The van der Waals surface area contributed by atoms with Crippen molar-refractivity contribution < 1.29 is 19.1 Å². The Kier molecular flexibility index (Phi) is 9.92. The second kappa shape index (κ2) is 13.3. The molecule has 8 heteroatoms. The molecule has 0 fully saturated rings. The lowest BCUT2D eigenvalue weighted by Gasteiger charge is -2.37. The Hall–Kier alpha value is -3.81. The molecule has 0 aliphatic carbocycles. The Morgan fingerprint density at radius 2 is 1.75 bits per heavy atom. The first kappa shape index (κ1) is 26.8. The number of hydrogen-bond donors (Lipinski definition) is 3. The maximum atomic E-state index is 13.4. The zero-order chi connectivity index (χ0) is 25.9. The number of urea groups is 2. The smallest absolute Gasteiger partial charge is 0.338 e. The highest BCUT2D eigenvalue weighted by Crippen LogP contribution is 2.37. The minimum atomic E-state index is -0.741. The largest absolute Gasteiger partial charge is 0.463 e. The van der Waals surface area contributed by atoms with Crippen LogP contribution < -0.4 is 16.0 Å². The summed E-state index contributed by atoms with van der Waals surface area (Å²) < 4.78 is 5.47. The standard InChI is InChI=1S/C28H36N4O4/c1-4-7-17-29-27(34)30-22-16-12-15-21(19-22)24-23(26(33)36-6-3)25(20-13-10-9-11-14-20)32(18-8-5-2)28(35)31-24/h9-16,19,24H,4-8,17-18H2,1-3H3,(H,31,35)(H2,29,30,34)/t24-/m1/s1. The van der Waals surface area contributed by atoms with Gasteiger partial charge in [-0.1, -0.05) is 69.2 Å². The minimum absolute atomic E-state index is 0.208. The quantitative estimate of drug-likeness (QED) is 0.287. The molecule has 3 rings (SSSR count). The van der Waals surface area contributed by atoms with Crippen molar-refractivity contribution in [2.75, 3.05) is 25.0 Å². The van der Waals surface area contributed by atoms with Gasteiger partial charge in [0.2, 0.25) is 0 Å². The van der Waals surface area contributed by atoms with E-state index in [2.05, 4.69) is 29.8 Å². The highest BCUT2D eigenvalue weighted by Gasteiger charge is 2.38. The Morgan fingerprint density at radius 1 is 1.00 bits per heavy atom. The van der Waals surface area contributed by atoms with Gasteiger partial charge in [-0.05, 0) is 43.0 Å². The van der Waals surface area contributed by atoms with Crippen LogP contribution in [0.1, 0.15) is 63.6 Å². The zero-order valence-corrected chi connectivity index (χ0v) is 21.3. The van der Waals surface area contributed by atoms with Crippen LogP contribution in [0.2, 0.25) is 0 Å². The van der Waals surface area contributed by atoms with Crippen LogP contribution >= 0.6 is 0 Å². The molecule has 0 unspecified atom stereocenters. The molecule has 0 saturated carbocycles. The molecule has 0 aromatic heterocycles. The van der Waals surface area contributed by atoms with Crippen LogP contribution in [-0.4, -0.2) is 42.6 Å². The van der Waals surface area contributed by atoms with E-state index in [4.69, 9.17) is 4.74 Å². The fourth-order valence-corrected chi connectivity index (χ4v) is 4.12. The van der Waals surface area contributed by atoms with E-state index in [0.29, 0.717) is 35.6 Å². The van der Waals surface area contributed by atoms with E-state index in [1.54, 1.807) is 30.0 Å². The van der Waals surface area contributed by atoms with Crippen molar-refractivity contribution in [3.8, 4) is 0 Å². The van der Waals surface area contributed by atoms with E-state index in [1.807, 2.05) is 36.4 Å². The molecule has 2 aromatic rings. The van der Waals surface area contributed by atoms with Crippen LogP contribution in [-0.2, 0) is 9.53 Å². The van der Waals surface area contributed by atoms with Crippen LogP contribution in [0, 0.1) is 0 Å². The summed E-state index contributed by atoms with van der Waals surface area (Å²) in [4.78, 5) is 40.6. The van der Waals surface area contributed by atoms with E-state index < -0.39 is 12.0 Å². The molecule has 192 valence electrons. The third kappa shape index (κ3) is 6.65. The fraction of sp³-hybridized carbons (Fsp3) is 0.393. The van der Waals surface area contributed by atoms with Crippen molar-refractivity contribution in [1.29, 1.82) is 0 Å². The maximum Gasteiger partial charge on any atom is 0.338 e. The van der Waals surface area contributed by atoms with Crippen LogP contribution in [0.15, 0.2) is 60.2 Å². The average Bonchev–Trinajstić information content (AvgIpc) is 2.88. The summed E-state index contributed by atoms with van der Waals surface area (Å²) in [5, 5.41) is 8.66. The highest BCUT2D eigenvalue weighted by atomic mass is 16.5. The summed E-state index contributed by atoms with van der Waals surface area (Å²) in [7, 11) is 0. The molecule has 8 nitrogen and oxygen atoms in total. The number of carbonyl (C=O) groups excluding carboxylic acids is 3. The van der Waals surface area contributed by atoms with Crippen molar-refractivity contribution in [3.05, 3.63) is 71.3 Å². The van der Waals surface area contributed by atoms with Gasteiger partial charge in [0.05, 0.1) is 23.9 Å². The van der Waals surface area contributed by atoms with E-state index in [9.17, 15) is 14.4 Å². The summed E-state index contributed by atoms with van der Waals surface area (Å²) in [6.07, 6.45) is 3.57. The molecule has 3 N–H and O–H groups in total. The number of hydrogen-bond acceptors (Lipinski definition) is 4. The first-order chi connectivity index (χ1) is 17.5. The van der Waals surface area contributed by atoms with Crippen molar-refractivity contribution in [3.63, 3.8) is 0 Å². The van der Waals surface area contributed by atoms with Crippen molar-refractivity contribution in [2.45, 2.75) is 52.5 Å². The van der Waals surface area contributed by atoms with Crippen LogP contribution in [0.5, 0.6) is 0 Å². The van der Waals surface area contributed by atoms with Crippen LogP contribution in [0.3, 0.4) is 0 Å². The Bertz CT molecular complexity index is 1080. The van der Waals surface area contributed by atoms with Gasteiger partial charge in [-0.15, -0.1) is 0 Å². The van der Waals surface area contributed by atoms with Gasteiger partial charge in [0.1, 0.15) is 0 Å². The number of nitrogens with zero attached hydrogens (tertiary/aromatic N) is 1. The molecular formula is C28H36N4O4. The van der Waals surface area contributed by atoms with E-state index >= 15 is 0 Å². The van der Waals surface area contributed by atoms with Gasteiger partial charge in [0, 0.05) is 18.8 Å². The van der Waals surface area contributed by atoms with Gasteiger partial charge in [0.15, 0.2) is 0 Å². The number of esters is 1. The third-order valence-electron chi connectivity index (χ3n) is 5.90. The lowest BCUT2D eigenvalue weighted by atomic mass is 9.91. The van der Waals surface area contributed by atoms with Crippen LogP contribution in [0.25, 0.3) is 5.70 Å². The zero-order valence-electron chi connectivity index (χ0n) is 21.3. The van der Waals surface area contributed by atoms with E-state index in [1.165, 1.54) is 0 Å². The van der Waals surface area contributed by atoms with Crippen LogP contribution in [0.4, 0.5) is 15.3 Å². The molecule has 0 bridgehead atoms. The second-order valence-electron chi connectivity index (χ2n) is 8.60. The second-order valence-corrected chi connectivity index (χ2v) is 8.60. The lowest BCUT2D eigenvalue weighted by molar-refractivity contribution is -0.138. The summed E-state index contributed by atoms with van der Waals surface area (Å²) in [6, 6.07) is 15.3. The van der Waals surface area contributed by atoms with Crippen molar-refractivity contribution in [2.24, 2.45) is 0 Å². The molecule has 0 spiro atoms. The fourth-order valence-electron chi connectivity index (χ4n) is 4.12. The molecule has 2 aromatic carbocycles. The van der Waals surface area contributed by atoms with Crippen molar-refractivity contribution >= 4 is 29.4 Å². The van der Waals surface area contributed by atoms with Gasteiger partial charge in [-0.2, -0.15) is 0 Å². The van der Waals surface area contributed by atoms with Gasteiger partial charge in [-0.3, -0.25) is 4.90 Å². The molecule has 36 heavy (non-hydrogen) atoms. The van der Waals surface area contributed by atoms with E-state index in [0.717, 1.165) is 31.2 Å². The Balaban J connectivity index is 2.06. The molecule has 4 amide bonds. The number of unbranched alkanes of at least 4 members (excludes halogenated alkanes) is 2. The summed E-state index contributed by atoms with van der Waals surface area (Å²) in [6.45, 7) is 7.14. The number of amides is 4. The third-order valence-corrected chi connectivity index (χ3v) is 5.90. The number of carbonyl (C=O) groups is 3. The highest BCUT2D eigenvalue weighted by molar-refractivity contribution is 6.04. The summed E-state index contributed by atoms with van der Waals surface area (Å²) in [5.74, 6) is -0.487. The first-order valence-electron chi connectivity index (χ1n) is 12.7. The number of rotatable bonds is 11. The molecule has 0 radical (unpaired) electrons. The number of ether oxygens (including phenoxy) is 1. The van der Waals surface area contributed by atoms with Crippen molar-refractivity contribution in [1.82, 2.24) is 15.5 Å². The molecule has 1 heterocycles. The summed E-state index contributed by atoms with van der Waals surface area (Å²) in [5.41, 5.74) is 2.91. The molecule has 0 saturated heterocycles. The molecular weight excluding hydrogens is 456 g/mol. The monoisotopic (exact) mass is 492 g/mol. The average molecular weight is 493 g/mol. The van der Waals surface area contributed by atoms with Gasteiger partial charge < -0.3 is 20.7 Å². The Labute approximate surface area is 213 Å². The molecule has 1 aliphatic rings. The summed E-state index contributed by atoms with van der Waals surface area (Å²) >= 11 is 0. The van der Waals surface area contributed by atoms with Gasteiger partial charge in [0.25, 0.3) is 0 Å². The lowest BCUT2D eigenvalue weighted by Crippen LogP contribution is -2.48. The van der Waals surface area contributed by atoms with Gasteiger partial charge in [-0.25, -0.2) is 14.4 Å². The normalized spacial score (nSPS) is 15.4. The first-order valence-corrected chi connectivity index (χ1v) is 12.7. The minimum Gasteiger partial charge on any atom is -0.463 e. The number of benzene rings is 2. The van der Waals surface area contributed by atoms with Gasteiger partial charge >= 0.3 is 18.0 Å². The number of anilines is 1. The number of nitrogens with one attached hydrogen (secondary N) is 3. The SMILES string of the molecule is CCCCNC(=O)Nc1cccc([C@H]2NC(=O)N(CCCC)C(c3ccccc3)=C2C(=O)OCC)c1. The molecule has 1 aliphatic heterocycles. The predicted molar refractivity (Wildman–Crippen MR) is 141 cm³/mol. The predicted octanol–water partition coefficient (Wildman–Crippen LogP) is 5.45. The van der Waals surface area contributed by atoms with E-state index in [-0.39, 0.29) is 18.7 Å². The topological polar surface area (TPSA) is 99.8 Å². The Morgan fingerprint density at radius 3 is 2.44 bits per heavy atom. The maximum absolute atomic E-state index is 13.4.